The highest BCUT2D eigenvalue weighted by molar-refractivity contribution is 7.98. The molecular formula is C16H18F4N4S. The smallest absolute Gasteiger partial charge is 0.355 e. The quantitative estimate of drug-likeness (QED) is 0.613. The second-order valence-corrected chi connectivity index (χ2v) is 7.61. The Bertz CT molecular complexity index is 717. The van der Waals surface area contributed by atoms with E-state index in [1.165, 1.54) is 29.0 Å². The molecule has 3 aliphatic rings. The molecule has 0 spiro atoms. The van der Waals surface area contributed by atoms with Crippen molar-refractivity contribution >= 4 is 29.2 Å². The molecule has 2 atom stereocenters. The van der Waals surface area contributed by atoms with Crippen LogP contribution in [0.2, 0.25) is 0 Å². The lowest BCUT2D eigenvalue weighted by atomic mass is 10.1. The first-order valence-electron chi connectivity index (χ1n) is 8.24. The van der Waals surface area contributed by atoms with Crippen LogP contribution in [0.5, 0.6) is 0 Å². The molecule has 2 aliphatic heterocycles. The number of fused-ring (bicyclic) bond motifs is 1. The molecule has 1 saturated heterocycles. The van der Waals surface area contributed by atoms with E-state index in [1.807, 2.05) is 6.92 Å². The zero-order chi connectivity index (χ0) is 17.8. The molecule has 1 aromatic carbocycles. The molecule has 9 heteroatoms. The number of benzene rings is 1. The van der Waals surface area contributed by atoms with Crippen LogP contribution in [0.4, 0.5) is 28.9 Å². The Morgan fingerprint density at radius 3 is 2.72 bits per heavy atom. The highest BCUT2D eigenvalue weighted by Gasteiger charge is 2.47. The maximum Gasteiger partial charge on any atom is 0.409 e. The van der Waals surface area contributed by atoms with Crippen molar-refractivity contribution in [3.8, 4) is 0 Å². The Balaban J connectivity index is 1.79. The summed E-state index contributed by atoms with van der Waals surface area (Å²) >= 11 is 1.22. The molecule has 1 saturated carbocycles. The Hall–Kier alpha value is -1.48. The predicted molar refractivity (Wildman–Crippen MR) is 89.9 cm³/mol. The molecule has 0 unspecified atom stereocenters. The molecule has 4 rings (SSSR count). The van der Waals surface area contributed by atoms with Crippen molar-refractivity contribution in [1.29, 1.82) is 0 Å². The number of aliphatic imine (C=N–C) groups is 1. The van der Waals surface area contributed by atoms with E-state index in [9.17, 15) is 17.6 Å². The summed E-state index contributed by atoms with van der Waals surface area (Å²) < 4.78 is 57.7. The number of alkyl halides is 3. The Morgan fingerprint density at radius 2 is 2.04 bits per heavy atom. The molecule has 1 aliphatic carbocycles. The van der Waals surface area contributed by atoms with E-state index in [-0.39, 0.29) is 24.8 Å². The van der Waals surface area contributed by atoms with Crippen LogP contribution < -0.4 is 14.9 Å². The van der Waals surface area contributed by atoms with Gasteiger partial charge in [-0.25, -0.2) is 9.38 Å². The van der Waals surface area contributed by atoms with Gasteiger partial charge in [0.25, 0.3) is 0 Å². The van der Waals surface area contributed by atoms with Crippen molar-refractivity contribution in [3.63, 3.8) is 0 Å². The van der Waals surface area contributed by atoms with Crippen LogP contribution in [0.1, 0.15) is 19.8 Å². The van der Waals surface area contributed by atoms with Gasteiger partial charge in [0.2, 0.25) is 0 Å². The maximum atomic E-state index is 14.1. The molecule has 0 amide bonds. The summed E-state index contributed by atoms with van der Waals surface area (Å²) in [4.78, 5) is 6.33. The lowest BCUT2D eigenvalue weighted by Crippen LogP contribution is -2.61. The van der Waals surface area contributed by atoms with Gasteiger partial charge < -0.3 is 14.9 Å². The zero-order valence-corrected chi connectivity index (χ0v) is 14.3. The van der Waals surface area contributed by atoms with E-state index in [2.05, 4.69) is 15.0 Å². The third-order valence-electron chi connectivity index (χ3n) is 4.68. The van der Waals surface area contributed by atoms with E-state index in [0.29, 0.717) is 16.5 Å². The van der Waals surface area contributed by atoms with Crippen LogP contribution in [0.15, 0.2) is 22.0 Å². The minimum absolute atomic E-state index is 0.126. The minimum atomic E-state index is -4.41. The summed E-state index contributed by atoms with van der Waals surface area (Å²) in [5.41, 5.74) is 0.660. The van der Waals surface area contributed by atoms with Gasteiger partial charge in [-0.05, 0) is 43.8 Å². The molecule has 2 N–H and O–H groups in total. The van der Waals surface area contributed by atoms with Crippen molar-refractivity contribution in [2.24, 2.45) is 10.9 Å². The lowest BCUT2D eigenvalue weighted by molar-refractivity contribution is -0.150. The van der Waals surface area contributed by atoms with Crippen molar-refractivity contribution in [1.82, 2.24) is 10.0 Å². The number of amidine groups is 1. The van der Waals surface area contributed by atoms with Gasteiger partial charge in [-0.1, -0.05) is 0 Å². The van der Waals surface area contributed by atoms with Gasteiger partial charge in [-0.3, -0.25) is 0 Å². The van der Waals surface area contributed by atoms with Crippen molar-refractivity contribution in [2.45, 2.75) is 42.9 Å². The first kappa shape index (κ1) is 17.0. The summed E-state index contributed by atoms with van der Waals surface area (Å²) in [6.07, 6.45) is -2.36. The first-order chi connectivity index (χ1) is 11.8. The van der Waals surface area contributed by atoms with Gasteiger partial charge in [0.1, 0.15) is 23.4 Å². The average molecular weight is 374 g/mol. The van der Waals surface area contributed by atoms with Crippen LogP contribution in [-0.2, 0) is 0 Å². The largest absolute Gasteiger partial charge is 0.409 e. The number of halogens is 4. The summed E-state index contributed by atoms with van der Waals surface area (Å²) in [5.74, 6) is 0.552. The molecule has 2 heterocycles. The van der Waals surface area contributed by atoms with Crippen molar-refractivity contribution in [2.75, 3.05) is 18.0 Å². The highest BCUT2D eigenvalue weighted by Crippen LogP contribution is 2.45. The van der Waals surface area contributed by atoms with E-state index in [0.717, 1.165) is 18.7 Å². The summed E-state index contributed by atoms with van der Waals surface area (Å²) in [6.45, 7) is 1.74. The minimum Gasteiger partial charge on any atom is -0.355 e. The summed E-state index contributed by atoms with van der Waals surface area (Å²) in [6, 6.07) is 0.667. The van der Waals surface area contributed by atoms with E-state index in [1.54, 1.807) is 0 Å². The fourth-order valence-corrected chi connectivity index (χ4v) is 4.07. The van der Waals surface area contributed by atoms with Gasteiger partial charge in [-0.2, -0.15) is 13.2 Å². The predicted octanol–water partition coefficient (Wildman–Crippen LogP) is 3.61. The van der Waals surface area contributed by atoms with Crippen LogP contribution in [0.3, 0.4) is 0 Å². The number of hydrogen-bond acceptors (Lipinski definition) is 5. The van der Waals surface area contributed by atoms with Gasteiger partial charge in [0, 0.05) is 25.0 Å². The third-order valence-corrected chi connectivity index (χ3v) is 5.52. The normalized spacial score (nSPS) is 26.8. The number of rotatable bonds is 2. The fraction of sp³-hybridized carbons (Fsp3) is 0.562. The molecule has 0 radical (unpaired) electrons. The van der Waals surface area contributed by atoms with Crippen LogP contribution in [0, 0.1) is 11.7 Å². The topological polar surface area (TPSA) is 39.7 Å². The Kier molecular flexibility index (Phi) is 4.10. The monoisotopic (exact) mass is 374 g/mol. The van der Waals surface area contributed by atoms with Crippen LogP contribution in [0.25, 0.3) is 0 Å². The van der Waals surface area contributed by atoms with Crippen molar-refractivity contribution < 1.29 is 17.6 Å². The van der Waals surface area contributed by atoms with Gasteiger partial charge in [0.15, 0.2) is 0 Å². The summed E-state index contributed by atoms with van der Waals surface area (Å²) in [5, 5.41) is 2.86. The van der Waals surface area contributed by atoms with Crippen molar-refractivity contribution in [3.05, 3.63) is 17.9 Å². The van der Waals surface area contributed by atoms with Crippen LogP contribution >= 0.6 is 11.9 Å². The molecule has 2 fully saturated rings. The molecular weight excluding hydrogens is 356 g/mol. The molecule has 1 aromatic rings. The first-order valence-corrected chi connectivity index (χ1v) is 9.06. The lowest BCUT2D eigenvalue weighted by Gasteiger charge is -2.42. The van der Waals surface area contributed by atoms with E-state index < -0.39 is 18.0 Å². The van der Waals surface area contributed by atoms with Gasteiger partial charge in [-0.15, -0.1) is 0 Å². The number of nitrogens with one attached hydrogen (secondary N) is 2. The molecule has 4 nitrogen and oxygen atoms in total. The molecule has 136 valence electrons. The maximum absolute atomic E-state index is 14.1. The summed E-state index contributed by atoms with van der Waals surface area (Å²) in [7, 11) is 0. The average Bonchev–Trinajstić information content (AvgIpc) is 3.37. The highest BCUT2D eigenvalue weighted by atomic mass is 32.2. The van der Waals surface area contributed by atoms with E-state index >= 15 is 0 Å². The Labute approximate surface area is 147 Å². The van der Waals surface area contributed by atoms with Gasteiger partial charge >= 0.3 is 6.18 Å². The third kappa shape index (κ3) is 3.31. The number of piperazine rings is 1. The van der Waals surface area contributed by atoms with E-state index in [4.69, 9.17) is 0 Å². The standard InChI is InChI=1S/C16H18F4N4S/c1-8-7-24(13(6-21-8)16(18,19)20)11-4-10(17)5-12-14(11)22-15(23-25-12)9-2-3-9/h4-5,8-9,13,21H,2-3,6-7H2,1H3,(H,22,23)/t8-,13-/m0/s1. The van der Waals surface area contributed by atoms with Crippen LogP contribution in [-0.4, -0.2) is 37.2 Å². The zero-order valence-electron chi connectivity index (χ0n) is 13.5. The Morgan fingerprint density at radius 1 is 1.28 bits per heavy atom. The molecule has 25 heavy (non-hydrogen) atoms. The second-order valence-electron chi connectivity index (χ2n) is 6.77. The number of anilines is 1. The molecule has 0 bridgehead atoms. The number of hydrogen-bond donors (Lipinski definition) is 2. The number of nitrogens with zero attached hydrogens (tertiary/aromatic N) is 2. The SMILES string of the molecule is C[C@H]1CN(c2cc(F)cc3c2N=C(C2CC2)NS3)[C@H](C(F)(F)F)CN1. The molecule has 0 aromatic heterocycles. The second kappa shape index (κ2) is 6.05. The fourth-order valence-electron chi connectivity index (χ4n) is 3.22. The van der Waals surface area contributed by atoms with Gasteiger partial charge in [0.05, 0.1) is 10.6 Å².